The minimum Gasteiger partial charge on any atom is -0.494 e. The fourth-order valence-electron chi connectivity index (χ4n) is 2.19. The van der Waals surface area contributed by atoms with Crippen molar-refractivity contribution in [3.05, 3.63) is 46.4 Å². The molecule has 2 aromatic rings. The fourth-order valence-corrected chi connectivity index (χ4v) is 2.76. The van der Waals surface area contributed by atoms with Crippen molar-refractivity contribution < 1.29 is 17.9 Å². The molecule has 0 atom stereocenters. The van der Waals surface area contributed by atoms with Gasteiger partial charge in [0.25, 0.3) is 11.5 Å². The lowest BCUT2D eigenvalue weighted by Gasteiger charge is -2.12. The summed E-state index contributed by atoms with van der Waals surface area (Å²) in [6, 6.07) is 7.11. The van der Waals surface area contributed by atoms with Gasteiger partial charge in [-0.25, -0.2) is 13.1 Å². The van der Waals surface area contributed by atoms with Crippen LogP contribution in [-0.4, -0.2) is 37.5 Å². The Bertz CT molecular complexity index is 969. The van der Waals surface area contributed by atoms with Gasteiger partial charge in [-0.1, -0.05) is 6.92 Å². The maximum Gasteiger partial charge on any atom is 0.276 e. The molecular weight excluding hydrogens is 360 g/mol. The number of sulfonamides is 1. The second-order valence-corrected chi connectivity index (χ2v) is 7.27. The number of methoxy groups -OCH3 is 1. The van der Waals surface area contributed by atoms with Crippen LogP contribution in [0.25, 0.3) is 0 Å². The lowest BCUT2D eigenvalue weighted by Crippen LogP contribution is -2.26. The van der Waals surface area contributed by atoms with Gasteiger partial charge in [0.05, 0.1) is 19.1 Å². The molecule has 26 heavy (non-hydrogen) atoms. The van der Waals surface area contributed by atoms with E-state index in [2.05, 4.69) is 15.1 Å². The molecule has 0 aliphatic rings. The average molecular weight is 380 g/mol. The summed E-state index contributed by atoms with van der Waals surface area (Å²) in [4.78, 5) is 24.0. The van der Waals surface area contributed by atoms with Crippen LogP contribution < -0.4 is 20.3 Å². The molecule has 2 rings (SSSR count). The highest BCUT2D eigenvalue weighted by Crippen LogP contribution is 2.28. The number of amides is 1. The second kappa shape index (κ2) is 8.00. The first-order chi connectivity index (χ1) is 12.2. The molecule has 10 heteroatoms. The standard InChI is InChI=1S/C16H20N4O5S/c1-4-9-20-15(21)8-7-13(18-20)16(22)17-11-5-6-12(14(10-11)25-2)19-26(3,23)24/h5-8,10,19H,4,9H2,1-3H3,(H,17,22). The predicted molar refractivity (Wildman–Crippen MR) is 98.2 cm³/mol. The number of hydrogen-bond acceptors (Lipinski definition) is 6. The van der Waals surface area contributed by atoms with E-state index in [4.69, 9.17) is 4.74 Å². The van der Waals surface area contributed by atoms with Crippen LogP contribution in [0, 0.1) is 0 Å². The normalized spacial score (nSPS) is 11.0. The molecule has 2 N–H and O–H groups in total. The topological polar surface area (TPSA) is 119 Å². The highest BCUT2D eigenvalue weighted by Gasteiger charge is 2.13. The Labute approximate surface area is 151 Å². The SMILES string of the molecule is CCCn1nc(C(=O)Nc2ccc(NS(C)(=O)=O)c(OC)c2)ccc1=O. The number of nitrogens with zero attached hydrogens (tertiary/aromatic N) is 2. The van der Waals surface area contributed by atoms with E-state index >= 15 is 0 Å². The highest BCUT2D eigenvalue weighted by atomic mass is 32.2. The molecule has 0 saturated heterocycles. The molecule has 0 radical (unpaired) electrons. The molecule has 1 amide bonds. The first-order valence-corrected chi connectivity index (χ1v) is 9.68. The minimum atomic E-state index is -3.46. The smallest absolute Gasteiger partial charge is 0.276 e. The summed E-state index contributed by atoms with van der Waals surface area (Å²) in [6.45, 7) is 2.32. The van der Waals surface area contributed by atoms with Gasteiger partial charge in [-0.2, -0.15) is 5.10 Å². The molecule has 140 valence electrons. The molecule has 0 aliphatic carbocycles. The molecule has 0 saturated carbocycles. The van der Waals surface area contributed by atoms with Crippen molar-refractivity contribution in [1.29, 1.82) is 0 Å². The lowest BCUT2D eigenvalue weighted by atomic mass is 10.2. The van der Waals surface area contributed by atoms with E-state index in [1.807, 2.05) is 6.92 Å². The third-order valence-corrected chi connectivity index (χ3v) is 3.88. The number of aryl methyl sites for hydroxylation is 1. The van der Waals surface area contributed by atoms with Gasteiger partial charge in [0, 0.05) is 24.4 Å². The molecule has 1 aromatic heterocycles. The zero-order valence-electron chi connectivity index (χ0n) is 14.6. The van der Waals surface area contributed by atoms with Crippen LogP contribution in [0.4, 0.5) is 11.4 Å². The average Bonchev–Trinajstić information content (AvgIpc) is 2.57. The molecule has 0 spiro atoms. The van der Waals surface area contributed by atoms with Gasteiger partial charge in [0.2, 0.25) is 10.0 Å². The van der Waals surface area contributed by atoms with Crippen LogP contribution in [-0.2, 0) is 16.6 Å². The summed E-state index contributed by atoms with van der Waals surface area (Å²) in [6.07, 6.45) is 1.74. The van der Waals surface area contributed by atoms with E-state index in [0.29, 0.717) is 18.7 Å². The number of ether oxygens (including phenoxy) is 1. The maximum absolute atomic E-state index is 12.4. The number of anilines is 2. The molecule has 9 nitrogen and oxygen atoms in total. The summed E-state index contributed by atoms with van der Waals surface area (Å²) in [5, 5.41) is 6.67. The Morgan fingerprint density at radius 1 is 1.27 bits per heavy atom. The zero-order chi connectivity index (χ0) is 19.3. The minimum absolute atomic E-state index is 0.0929. The molecule has 0 fully saturated rings. The number of hydrogen-bond donors (Lipinski definition) is 2. The first-order valence-electron chi connectivity index (χ1n) is 7.79. The van der Waals surface area contributed by atoms with E-state index in [-0.39, 0.29) is 22.7 Å². The molecular formula is C16H20N4O5S. The van der Waals surface area contributed by atoms with Crippen LogP contribution in [0.15, 0.2) is 35.1 Å². The molecule has 0 bridgehead atoms. The summed E-state index contributed by atoms with van der Waals surface area (Å²) in [5.41, 5.74) is 0.459. The van der Waals surface area contributed by atoms with Gasteiger partial charge in [-0.15, -0.1) is 0 Å². The fraction of sp³-hybridized carbons (Fsp3) is 0.312. The Kier molecular flexibility index (Phi) is 5.98. The largest absolute Gasteiger partial charge is 0.494 e. The Balaban J connectivity index is 2.24. The van der Waals surface area contributed by atoms with Crippen LogP contribution in [0.5, 0.6) is 5.75 Å². The third-order valence-electron chi connectivity index (χ3n) is 3.29. The number of rotatable bonds is 7. The second-order valence-electron chi connectivity index (χ2n) is 5.52. The van der Waals surface area contributed by atoms with Gasteiger partial charge in [-0.05, 0) is 24.6 Å². The Morgan fingerprint density at radius 2 is 2.00 bits per heavy atom. The van der Waals surface area contributed by atoms with Crippen molar-refractivity contribution in [3.8, 4) is 5.75 Å². The molecule has 0 unspecified atom stereocenters. The van der Waals surface area contributed by atoms with E-state index < -0.39 is 15.9 Å². The van der Waals surface area contributed by atoms with Crippen molar-refractivity contribution in [3.63, 3.8) is 0 Å². The van der Waals surface area contributed by atoms with Crippen LogP contribution >= 0.6 is 0 Å². The Morgan fingerprint density at radius 3 is 2.62 bits per heavy atom. The zero-order valence-corrected chi connectivity index (χ0v) is 15.5. The van der Waals surface area contributed by atoms with Crippen molar-refractivity contribution in [1.82, 2.24) is 9.78 Å². The van der Waals surface area contributed by atoms with Gasteiger partial charge < -0.3 is 10.1 Å². The van der Waals surface area contributed by atoms with Gasteiger partial charge >= 0.3 is 0 Å². The number of carbonyl (C=O) groups is 1. The van der Waals surface area contributed by atoms with Gasteiger partial charge in [0.15, 0.2) is 0 Å². The van der Waals surface area contributed by atoms with Crippen LogP contribution in [0.2, 0.25) is 0 Å². The highest BCUT2D eigenvalue weighted by molar-refractivity contribution is 7.92. The molecule has 1 heterocycles. The quantitative estimate of drug-likeness (QED) is 0.747. The summed E-state index contributed by atoms with van der Waals surface area (Å²) in [5.74, 6) is -0.252. The molecule has 0 aliphatic heterocycles. The van der Waals surface area contributed by atoms with E-state index in [9.17, 15) is 18.0 Å². The van der Waals surface area contributed by atoms with Crippen molar-refractivity contribution >= 4 is 27.3 Å². The maximum atomic E-state index is 12.4. The van der Waals surface area contributed by atoms with Gasteiger partial charge in [-0.3, -0.25) is 14.3 Å². The summed E-state index contributed by atoms with van der Waals surface area (Å²) >= 11 is 0. The predicted octanol–water partition coefficient (Wildman–Crippen LogP) is 1.29. The number of aromatic nitrogens is 2. The number of benzene rings is 1. The van der Waals surface area contributed by atoms with Crippen LogP contribution in [0.3, 0.4) is 0 Å². The van der Waals surface area contributed by atoms with Crippen LogP contribution in [0.1, 0.15) is 23.8 Å². The molecule has 1 aromatic carbocycles. The van der Waals surface area contributed by atoms with E-state index in [0.717, 1.165) is 6.26 Å². The summed E-state index contributed by atoms with van der Waals surface area (Å²) in [7, 11) is -2.08. The van der Waals surface area contributed by atoms with Crippen molar-refractivity contribution in [2.45, 2.75) is 19.9 Å². The monoisotopic (exact) mass is 380 g/mol. The van der Waals surface area contributed by atoms with Crippen molar-refractivity contribution in [2.24, 2.45) is 0 Å². The summed E-state index contributed by atoms with van der Waals surface area (Å²) < 4.78 is 31.4. The van der Waals surface area contributed by atoms with E-state index in [1.54, 1.807) is 0 Å². The number of nitrogens with one attached hydrogen (secondary N) is 2. The third kappa shape index (κ3) is 5.06. The van der Waals surface area contributed by atoms with E-state index in [1.165, 1.54) is 42.1 Å². The van der Waals surface area contributed by atoms with Crippen molar-refractivity contribution in [2.75, 3.05) is 23.4 Å². The number of carbonyl (C=O) groups excluding carboxylic acids is 1. The lowest BCUT2D eigenvalue weighted by molar-refractivity contribution is 0.101. The Hall–Kier alpha value is -2.88. The van der Waals surface area contributed by atoms with Gasteiger partial charge in [0.1, 0.15) is 11.4 Å². The first kappa shape index (κ1) is 19.4.